The molecule has 0 heteroatoms. The molecule has 0 heterocycles. The van der Waals surface area contributed by atoms with E-state index < -0.39 is 0 Å². The SMILES string of the molecule is C=C[C@@H](C)CC1=C(C)CCC=C1. The van der Waals surface area contributed by atoms with E-state index in [1.54, 1.807) is 5.57 Å². The molecule has 0 aromatic heterocycles. The second-order valence-electron chi connectivity index (χ2n) is 3.66. The van der Waals surface area contributed by atoms with Gasteiger partial charge in [0, 0.05) is 0 Å². The Morgan fingerprint density at radius 2 is 2.42 bits per heavy atom. The quantitative estimate of drug-likeness (QED) is 0.553. The predicted molar refractivity (Wildman–Crippen MR) is 55.1 cm³/mol. The summed E-state index contributed by atoms with van der Waals surface area (Å²) in [7, 11) is 0. The van der Waals surface area contributed by atoms with Crippen LogP contribution in [0.15, 0.2) is 36.0 Å². The Bertz CT molecular complexity index is 218. The standard InChI is InChI=1S/C12H18/c1-4-10(2)9-12-8-6-5-7-11(12)3/h4,6,8,10H,1,5,7,9H2,2-3H3/t10-/m1/s1. The summed E-state index contributed by atoms with van der Waals surface area (Å²) in [6.07, 6.45) is 10.2. The summed E-state index contributed by atoms with van der Waals surface area (Å²) in [5, 5.41) is 0. The maximum absolute atomic E-state index is 3.80. The molecular formula is C12H18. The van der Waals surface area contributed by atoms with Gasteiger partial charge in [0.15, 0.2) is 0 Å². The van der Waals surface area contributed by atoms with E-state index in [2.05, 4.69) is 32.6 Å². The van der Waals surface area contributed by atoms with Crippen molar-refractivity contribution in [3.63, 3.8) is 0 Å². The van der Waals surface area contributed by atoms with Crippen LogP contribution in [0.3, 0.4) is 0 Å². The largest absolute Gasteiger partial charge is 0.103 e. The van der Waals surface area contributed by atoms with Gasteiger partial charge in [-0.15, -0.1) is 6.58 Å². The molecule has 12 heavy (non-hydrogen) atoms. The van der Waals surface area contributed by atoms with Crippen molar-refractivity contribution in [2.75, 3.05) is 0 Å². The normalized spacial score (nSPS) is 19.5. The van der Waals surface area contributed by atoms with Gasteiger partial charge in [0.05, 0.1) is 0 Å². The van der Waals surface area contributed by atoms with Crippen LogP contribution < -0.4 is 0 Å². The van der Waals surface area contributed by atoms with E-state index in [4.69, 9.17) is 0 Å². The van der Waals surface area contributed by atoms with E-state index in [1.165, 1.54) is 18.4 Å². The molecule has 0 nitrogen and oxygen atoms in total. The van der Waals surface area contributed by atoms with Crippen molar-refractivity contribution in [2.24, 2.45) is 5.92 Å². The van der Waals surface area contributed by atoms with E-state index in [0.717, 1.165) is 6.42 Å². The van der Waals surface area contributed by atoms with Gasteiger partial charge in [-0.2, -0.15) is 0 Å². The fraction of sp³-hybridized carbons (Fsp3) is 0.500. The first-order chi connectivity index (χ1) is 5.74. The van der Waals surface area contributed by atoms with Gasteiger partial charge in [0.1, 0.15) is 0 Å². The zero-order chi connectivity index (χ0) is 8.97. The van der Waals surface area contributed by atoms with Crippen molar-refractivity contribution in [2.45, 2.75) is 33.1 Å². The molecule has 1 aliphatic carbocycles. The minimum Gasteiger partial charge on any atom is -0.103 e. The summed E-state index contributed by atoms with van der Waals surface area (Å²) in [5.74, 6) is 0.609. The molecule has 0 aliphatic heterocycles. The van der Waals surface area contributed by atoms with Crippen LogP contribution in [0.5, 0.6) is 0 Å². The van der Waals surface area contributed by atoms with Gasteiger partial charge in [-0.3, -0.25) is 0 Å². The molecule has 1 atom stereocenters. The summed E-state index contributed by atoms with van der Waals surface area (Å²) in [5.41, 5.74) is 3.08. The van der Waals surface area contributed by atoms with Gasteiger partial charge in [-0.1, -0.05) is 30.7 Å². The summed E-state index contributed by atoms with van der Waals surface area (Å²) in [6.45, 7) is 8.27. The van der Waals surface area contributed by atoms with Crippen LogP contribution in [-0.2, 0) is 0 Å². The lowest BCUT2D eigenvalue weighted by Crippen LogP contribution is -1.97. The molecule has 0 aromatic rings. The summed E-state index contributed by atoms with van der Waals surface area (Å²) < 4.78 is 0. The highest BCUT2D eigenvalue weighted by molar-refractivity contribution is 5.28. The molecule has 0 unspecified atom stereocenters. The maximum Gasteiger partial charge on any atom is -0.0219 e. The van der Waals surface area contributed by atoms with Crippen LogP contribution in [0.25, 0.3) is 0 Å². The average Bonchev–Trinajstić information content (AvgIpc) is 2.09. The molecule has 0 bridgehead atoms. The zero-order valence-corrected chi connectivity index (χ0v) is 8.14. The molecule has 0 spiro atoms. The first kappa shape index (κ1) is 9.31. The molecule has 1 rings (SSSR count). The third-order valence-corrected chi connectivity index (χ3v) is 2.50. The van der Waals surface area contributed by atoms with Gasteiger partial charge >= 0.3 is 0 Å². The first-order valence-electron chi connectivity index (χ1n) is 4.71. The van der Waals surface area contributed by atoms with E-state index in [-0.39, 0.29) is 0 Å². The number of rotatable bonds is 3. The van der Waals surface area contributed by atoms with Crippen LogP contribution in [0, 0.1) is 5.92 Å². The Labute approximate surface area is 75.7 Å². The van der Waals surface area contributed by atoms with Crippen LogP contribution in [0.2, 0.25) is 0 Å². The second-order valence-corrected chi connectivity index (χ2v) is 3.66. The molecule has 0 N–H and O–H groups in total. The lowest BCUT2D eigenvalue weighted by Gasteiger charge is -2.14. The molecule has 66 valence electrons. The van der Waals surface area contributed by atoms with E-state index in [1.807, 2.05) is 6.08 Å². The van der Waals surface area contributed by atoms with Crippen LogP contribution >= 0.6 is 0 Å². The highest BCUT2D eigenvalue weighted by Gasteiger charge is 2.06. The van der Waals surface area contributed by atoms with E-state index in [0.29, 0.717) is 5.92 Å². The Morgan fingerprint density at radius 1 is 1.67 bits per heavy atom. The highest BCUT2D eigenvalue weighted by atomic mass is 14.1. The molecule has 1 aliphatic rings. The number of hydrogen-bond acceptors (Lipinski definition) is 0. The van der Waals surface area contributed by atoms with Crippen molar-refractivity contribution in [1.29, 1.82) is 0 Å². The van der Waals surface area contributed by atoms with Crippen molar-refractivity contribution < 1.29 is 0 Å². The molecule has 0 saturated heterocycles. The second kappa shape index (κ2) is 4.30. The minimum absolute atomic E-state index is 0.609. The Morgan fingerprint density at radius 3 is 3.00 bits per heavy atom. The Hall–Kier alpha value is -0.780. The minimum atomic E-state index is 0.609. The van der Waals surface area contributed by atoms with Gasteiger partial charge in [0.25, 0.3) is 0 Å². The fourth-order valence-corrected chi connectivity index (χ4v) is 1.50. The van der Waals surface area contributed by atoms with Crippen molar-refractivity contribution in [3.8, 4) is 0 Å². The fourth-order valence-electron chi connectivity index (χ4n) is 1.50. The molecule has 0 aromatic carbocycles. The summed E-state index contributed by atoms with van der Waals surface area (Å²) in [6, 6.07) is 0. The topological polar surface area (TPSA) is 0 Å². The lowest BCUT2D eigenvalue weighted by atomic mass is 9.92. The van der Waals surface area contributed by atoms with Crippen LogP contribution in [0.4, 0.5) is 0 Å². The molecule has 0 radical (unpaired) electrons. The Kier molecular flexibility index (Phi) is 3.33. The molecule has 0 amide bonds. The van der Waals surface area contributed by atoms with Gasteiger partial charge < -0.3 is 0 Å². The van der Waals surface area contributed by atoms with Crippen LogP contribution in [0.1, 0.15) is 33.1 Å². The summed E-state index contributed by atoms with van der Waals surface area (Å²) >= 11 is 0. The summed E-state index contributed by atoms with van der Waals surface area (Å²) in [4.78, 5) is 0. The predicted octanol–water partition coefficient (Wildman–Crippen LogP) is 3.87. The molecule has 0 fully saturated rings. The smallest absolute Gasteiger partial charge is 0.0219 e. The van der Waals surface area contributed by atoms with E-state index in [9.17, 15) is 0 Å². The monoisotopic (exact) mass is 162 g/mol. The lowest BCUT2D eigenvalue weighted by molar-refractivity contribution is 0.713. The highest BCUT2D eigenvalue weighted by Crippen LogP contribution is 2.24. The third kappa shape index (κ3) is 2.37. The average molecular weight is 162 g/mol. The van der Waals surface area contributed by atoms with Crippen LogP contribution in [-0.4, -0.2) is 0 Å². The van der Waals surface area contributed by atoms with Crippen molar-refractivity contribution in [1.82, 2.24) is 0 Å². The zero-order valence-electron chi connectivity index (χ0n) is 8.14. The van der Waals surface area contributed by atoms with Gasteiger partial charge in [0.2, 0.25) is 0 Å². The first-order valence-corrected chi connectivity index (χ1v) is 4.71. The molecule has 0 saturated carbocycles. The number of allylic oxidation sites excluding steroid dienone is 5. The van der Waals surface area contributed by atoms with E-state index >= 15 is 0 Å². The molecular weight excluding hydrogens is 144 g/mol. The van der Waals surface area contributed by atoms with Gasteiger partial charge in [-0.25, -0.2) is 0 Å². The van der Waals surface area contributed by atoms with Gasteiger partial charge in [-0.05, 0) is 37.7 Å². The number of hydrogen-bond donors (Lipinski definition) is 0. The van der Waals surface area contributed by atoms with Crippen molar-refractivity contribution >= 4 is 0 Å². The maximum atomic E-state index is 3.80. The third-order valence-electron chi connectivity index (χ3n) is 2.50. The van der Waals surface area contributed by atoms with Crippen molar-refractivity contribution in [3.05, 3.63) is 36.0 Å². The Balaban J connectivity index is 2.61.